The number of pyridine rings is 1. The van der Waals surface area contributed by atoms with E-state index in [4.69, 9.17) is 16.3 Å². The van der Waals surface area contributed by atoms with Crippen molar-refractivity contribution in [1.82, 2.24) is 4.98 Å². The number of benzene rings is 2. The molecule has 150 valence electrons. The number of alkyl halides is 3. The van der Waals surface area contributed by atoms with Gasteiger partial charge in [-0.1, -0.05) is 35.5 Å². The van der Waals surface area contributed by atoms with Gasteiger partial charge in [-0.15, -0.1) is 0 Å². The van der Waals surface area contributed by atoms with E-state index in [2.05, 4.69) is 10.3 Å². The average Bonchev–Trinajstić information content (AvgIpc) is 2.70. The van der Waals surface area contributed by atoms with Gasteiger partial charge in [0.25, 0.3) is 5.91 Å². The summed E-state index contributed by atoms with van der Waals surface area (Å²) < 4.78 is 43.4. The van der Waals surface area contributed by atoms with Gasteiger partial charge in [0.15, 0.2) is 0 Å². The molecule has 0 saturated heterocycles. The molecule has 29 heavy (non-hydrogen) atoms. The molecule has 0 saturated carbocycles. The highest BCUT2D eigenvalue weighted by molar-refractivity contribution is 7.99. The van der Waals surface area contributed by atoms with E-state index in [0.717, 1.165) is 24.0 Å². The number of rotatable bonds is 5. The van der Waals surface area contributed by atoms with Gasteiger partial charge in [0, 0.05) is 16.7 Å². The van der Waals surface area contributed by atoms with Crippen LogP contribution in [0.1, 0.15) is 15.9 Å². The van der Waals surface area contributed by atoms with E-state index in [9.17, 15) is 18.0 Å². The first-order valence-corrected chi connectivity index (χ1v) is 9.42. The topological polar surface area (TPSA) is 51.2 Å². The highest BCUT2D eigenvalue weighted by Gasteiger charge is 2.31. The molecule has 1 heterocycles. The minimum Gasteiger partial charge on any atom is -0.497 e. The predicted molar refractivity (Wildman–Crippen MR) is 106 cm³/mol. The van der Waals surface area contributed by atoms with Gasteiger partial charge in [-0.25, -0.2) is 4.98 Å². The lowest BCUT2D eigenvalue weighted by Gasteiger charge is -2.12. The highest BCUT2D eigenvalue weighted by atomic mass is 35.5. The van der Waals surface area contributed by atoms with E-state index in [1.165, 1.54) is 7.11 Å². The van der Waals surface area contributed by atoms with Gasteiger partial charge in [-0.05, 0) is 42.5 Å². The predicted octanol–water partition coefficient (Wildman–Crippen LogP) is 6.17. The van der Waals surface area contributed by atoms with E-state index < -0.39 is 11.7 Å². The Hall–Kier alpha value is -2.71. The zero-order valence-electron chi connectivity index (χ0n) is 15.0. The third-order valence-corrected chi connectivity index (χ3v) is 5.32. The first kappa shape index (κ1) is 21.0. The first-order valence-electron chi connectivity index (χ1n) is 8.23. The highest BCUT2D eigenvalue weighted by Crippen LogP contribution is 2.38. The summed E-state index contributed by atoms with van der Waals surface area (Å²) in [7, 11) is 1.53. The van der Waals surface area contributed by atoms with Gasteiger partial charge in [0.2, 0.25) is 0 Å². The second kappa shape index (κ2) is 8.75. The van der Waals surface area contributed by atoms with Crippen molar-refractivity contribution in [2.24, 2.45) is 0 Å². The fourth-order valence-electron chi connectivity index (χ4n) is 2.36. The lowest BCUT2D eigenvalue weighted by atomic mass is 10.2. The molecule has 3 rings (SSSR count). The first-order chi connectivity index (χ1) is 13.8. The molecule has 0 aliphatic heterocycles. The van der Waals surface area contributed by atoms with Crippen molar-refractivity contribution in [3.05, 3.63) is 76.9 Å². The van der Waals surface area contributed by atoms with E-state index in [1.807, 2.05) is 0 Å². The maximum absolute atomic E-state index is 12.8. The maximum atomic E-state index is 12.8. The molecule has 3 aromatic rings. The number of amides is 1. The number of methoxy groups -OCH3 is 1. The van der Waals surface area contributed by atoms with Crippen LogP contribution in [0.15, 0.2) is 70.7 Å². The third-order valence-electron chi connectivity index (χ3n) is 3.83. The summed E-state index contributed by atoms with van der Waals surface area (Å²) in [6.45, 7) is 0. The Bertz CT molecular complexity index is 1030. The number of nitrogens with zero attached hydrogens (tertiary/aromatic N) is 1. The van der Waals surface area contributed by atoms with Gasteiger partial charge in [-0.3, -0.25) is 4.79 Å². The van der Waals surface area contributed by atoms with Crippen molar-refractivity contribution in [1.29, 1.82) is 0 Å². The van der Waals surface area contributed by atoms with Crippen molar-refractivity contribution < 1.29 is 22.7 Å². The van der Waals surface area contributed by atoms with Crippen LogP contribution >= 0.6 is 23.4 Å². The van der Waals surface area contributed by atoms with Crippen molar-refractivity contribution >= 4 is 35.0 Å². The monoisotopic (exact) mass is 438 g/mol. The summed E-state index contributed by atoms with van der Waals surface area (Å²) in [4.78, 5) is 16.9. The summed E-state index contributed by atoms with van der Waals surface area (Å²) in [5.41, 5.74) is -0.0136. The fourth-order valence-corrected chi connectivity index (χ4v) is 3.48. The molecule has 1 amide bonds. The van der Waals surface area contributed by atoms with Crippen molar-refractivity contribution in [2.75, 3.05) is 12.4 Å². The Labute approximate surface area is 174 Å². The quantitative estimate of drug-likeness (QED) is 0.518. The lowest BCUT2D eigenvalue weighted by Crippen LogP contribution is -2.12. The number of carbonyl (C=O) groups excluding carboxylic acids is 1. The van der Waals surface area contributed by atoms with Gasteiger partial charge in [0.05, 0.1) is 23.4 Å². The molecule has 0 fully saturated rings. The van der Waals surface area contributed by atoms with Gasteiger partial charge < -0.3 is 10.1 Å². The van der Waals surface area contributed by atoms with Crippen molar-refractivity contribution in [3.63, 3.8) is 0 Å². The summed E-state index contributed by atoms with van der Waals surface area (Å²) in [6, 6.07) is 14.3. The number of aromatic nitrogens is 1. The zero-order chi connectivity index (χ0) is 21.0. The number of halogens is 4. The number of para-hydroxylation sites is 1. The Morgan fingerprint density at radius 1 is 1.14 bits per heavy atom. The van der Waals surface area contributed by atoms with Crippen LogP contribution < -0.4 is 10.1 Å². The normalized spacial score (nSPS) is 11.2. The minimum absolute atomic E-state index is 0.124. The molecule has 0 aliphatic carbocycles. The molecule has 1 N–H and O–H groups in total. The second-order valence-electron chi connectivity index (χ2n) is 5.79. The Kier molecular flexibility index (Phi) is 6.34. The number of ether oxygens (including phenoxy) is 1. The minimum atomic E-state index is -4.52. The molecule has 2 aromatic carbocycles. The largest absolute Gasteiger partial charge is 0.497 e. The van der Waals surface area contributed by atoms with Crippen molar-refractivity contribution in [3.8, 4) is 5.75 Å². The molecule has 0 spiro atoms. The van der Waals surface area contributed by atoms with Crippen LogP contribution in [-0.2, 0) is 6.18 Å². The standard InChI is InChI=1S/C20H14ClF3N2O2S/c1-28-14-8-6-12(7-9-14)18(27)26-16-4-2-3-5-17(16)29-19-15(21)10-13(11-25-19)20(22,23)24/h2-11H,1H3,(H,26,27). The van der Waals surface area contributed by atoms with Crippen LogP contribution in [0.3, 0.4) is 0 Å². The van der Waals surface area contributed by atoms with Gasteiger partial charge >= 0.3 is 6.18 Å². The molecule has 0 radical (unpaired) electrons. The van der Waals surface area contributed by atoms with Crippen LogP contribution in [0.4, 0.5) is 18.9 Å². The molecule has 9 heteroatoms. The van der Waals surface area contributed by atoms with E-state index in [1.54, 1.807) is 48.5 Å². The molecule has 0 aliphatic rings. The Balaban J connectivity index is 1.81. The van der Waals surface area contributed by atoms with Crippen LogP contribution in [0.5, 0.6) is 5.75 Å². The Morgan fingerprint density at radius 3 is 2.45 bits per heavy atom. The summed E-state index contributed by atoms with van der Waals surface area (Å²) >= 11 is 7.04. The van der Waals surface area contributed by atoms with Crippen LogP contribution in [-0.4, -0.2) is 18.0 Å². The smallest absolute Gasteiger partial charge is 0.417 e. The molecule has 0 atom stereocenters. The Morgan fingerprint density at radius 2 is 1.83 bits per heavy atom. The van der Waals surface area contributed by atoms with Gasteiger partial charge in [-0.2, -0.15) is 13.2 Å². The van der Waals surface area contributed by atoms with Crippen LogP contribution in [0.2, 0.25) is 5.02 Å². The third kappa shape index (κ3) is 5.21. The van der Waals surface area contributed by atoms with E-state index in [-0.39, 0.29) is 16.0 Å². The fraction of sp³-hybridized carbons (Fsp3) is 0.100. The number of hydrogen-bond acceptors (Lipinski definition) is 4. The average molecular weight is 439 g/mol. The van der Waals surface area contributed by atoms with Crippen LogP contribution in [0, 0.1) is 0 Å². The molecular weight excluding hydrogens is 425 g/mol. The molecule has 0 unspecified atom stereocenters. The van der Waals surface area contributed by atoms with E-state index in [0.29, 0.717) is 21.9 Å². The summed E-state index contributed by atoms with van der Waals surface area (Å²) in [5, 5.41) is 2.86. The molecule has 0 bridgehead atoms. The number of nitrogens with one attached hydrogen (secondary N) is 1. The number of hydrogen-bond donors (Lipinski definition) is 1. The number of anilines is 1. The lowest BCUT2D eigenvalue weighted by molar-refractivity contribution is -0.137. The number of carbonyl (C=O) groups is 1. The summed E-state index contributed by atoms with van der Waals surface area (Å²) in [6.07, 6.45) is -3.79. The zero-order valence-corrected chi connectivity index (χ0v) is 16.5. The molecular formula is C20H14ClF3N2O2S. The van der Waals surface area contributed by atoms with Crippen LogP contribution in [0.25, 0.3) is 0 Å². The maximum Gasteiger partial charge on any atom is 0.417 e. The molecule has 4 nitrogen and oxygen atoms in total. The SMILES string of the molecule is COc1ccc(C(=O)Nc2ccccc2Sc2ncc(C(F)(F)F)cc2Cl)cc1. The second-order valence-corrected chi connectivity index (χ2v) is 7.23. The summed E-state index contributed by atoms with van der Waals surface area (Å²) in [5.74, 6) is 0.285. The van der Waals surface area contributed by atoms with E-state index >= 15 is 0 Å². The van der Waals surface area contributed by atoms with Crippen molar-refractivity contribution in [2.45, 2.75) is 16.1 Å². The molecule has 1 aromatic heterocycles. The van der Waals surface area contributed by atoms with Gasteiger partial charge in [0.1, 0.15) is 10.8 Å².